The molecule has 0 aromatic carbocycles. The summed E-state index contributed by atoms with van der Waals surface area (Å²) in [7, 11) is 0. The summed E-state index contributed by atoms with van der Waals surface area (Å²) in [6.45, 7) is 4.17. The predicted octanol–water partition coefficient (Wildman–Crippen LogP) is 0.272. The van der Waals surface area contributed by atoms with E-state index in [0.717, 1.165) is 0 Å². The fraction of sp³-hybridized carbons (Fsp3) is 0.444. The van der Waals surface area contributed by atoms with E-state index in [9.17, 15) is 4.79 Å². The first-order valence-electron chi connectivity index (χ1n) is 4.48. The van der Waals surface area contributed by atoms with Gasteiger partial charge in [-0.25, -0.2) is 4.68 Å². The number of carbonyl (C=O) groups excluding carboxylic acids is 1. The van der Waals surface area contributed by atoms with Crippen molar-refractivity contribution in [3.63, 3.8) is 0 Å². The topological polar surface area (TPSA) is 73.8 Å². The van der Waals surface area contributed by atoms with E-state index in [-0.39, 0.29) is 12.3 Å². The van der Waals surface area contributed by atoms with Gasteiger partial charge < -0.3 is 5.73 Å². The first kappa shape index (κ1) is 10.6. The molecular formula is C9H14N4O. The highest BCUT2D eigenvalue weighted by Crippen LogP contribution is 1.96. The third-order valence-electron chi connectivity index (χ3n) is 1.76. The van der Waals surface area contributed by atoms with Gasteiger partial charge in [0.25, 0.3) is 0 Å². The van der Waals surface area contributed by atoms with Crippen LogP contribution in [0.15, 0.2) is 18.9 Å². The molecule has 0 spiro atoms. The van der Waals surface area contributed by atoms with Crippen LogP contribution in [-0.2, 0) is 17.9 Å². The van der Waals surface area contributed by atoms with Gasteiger partial charge in [-0.2, -0.15) is 0 Å². The highest BCUT2D eigenvalue weighted by atomic mass is 16.1. The average Bonchev–Trinajstić information content (AvgIpc) is 2.62. The Morgan fingerprint density at radius 2 is 2.50 bits per heavy atom. The first-order chi connectivity index (χ1) is 6.76. The zero-order valence-electron chi connectivity index (χ0n) is 8.02. The number of nitrogens with zero attached hydrogens (tertiary/aromatic N) is 3. The van der Waals surface area contributed by atoms with Crippen molar-refractivity contribution >= 4 is 5.78 Å². The molecule has 1 heterocycles. The van der Waals surface area contributed by atoms with E-state index in [1.165, 1.54) is 4.68 Å². The maximum absolute atomic E-state index is 11.3. The minimum atomic E-state index is 0.123. The van der Waals surface area contributed by atoms with Gasteiger partial charge in [-0.1, -0.05) is 11.3 Å². The zero-order chi connectivity index (χ0) is 10.4. The van der Waals surface area contributed by atoms with Gasteiger partial charge in [-0.3, -0.25) is 4.79 Å². The van der Waals surface area contributed by atoms with Crippen LogP contribution in [0.3, 0.4) is 0 Å². The Labute approximate surface area is 82.6 Å². The first-order valence-corrected chi connectivity index (χ1v) is 4.48. The molecule has 0 atom stereocenters. The number of nitrogens with two attached hydrogens (primary N) is 1. The van der Waals surface area contributed by atoms with E-state index in [4.69, 9.17) is 5.73 Å². The van der Waals surface area contributed by atoms with Gasteiger partial charge in [0.15, 0.2) is 5.78 Å². The molecular weight excluding hydrogens is 180 g/mol. The summed E-state index contributed by atoms with van der Waals surface area (Å²) in [6, 6.07) is 0. The number of ketones is 1. The Morgan fingerprint density at radius 3 is 3.07 bits per heavy atom. The average molecular weight is 194 g/mol. The summed E-state index contributed by atoms with van der Waals surface area (Å²) in [4.78, 5) is 11.3. The van der Waals surface area contributed by atoms with Gasteiger partial charge in [0.05, 0.1) is 11.9 Å². The molecule has 2 N–H and O–H groups in total. The summed E-state index contributed by atoms with van der Waals surface area (Å²) in [5.41, 5.74) is 6.06. The molecule has 1 aromatic rings. The van der Waals surface area contributed by atoms with Crippen LogP contribution < -0.4 is 5.73 Å². The van der Waals surface area contributed by atoms with Crippen molar-refractivity contribution in [3.05, 3.63) is 24.5 Å². The Hall–Kier alpha value is -1.49. The summed E-state index contributed by atoms with van der Waals surface area (Å²) < 4.78 is 1.51. The molecule has 0 saturated heterocycles. The number of allylic oxidation sites excluding steroid dienone is 1. The number of carbonyl (C=O) groups is 1. The summed E-state index contributed by atoms with van der Waals surface area (Å²) in [5.74, 6) is 0.123. The lowest BCUT2D eigenvalue weighted by Gasteiger charge is -1.97. The normalized spacial score (nSPS) is 10.1. The number of aromatic nitrogens is 3. The van der Waals surface area contributed by atoms with Crippen molar-refractivity contribution in [3.8, 4) is 0 Å². The fourth-order valence-electron chi connectivity index (χ4n) is 1.03. The molecule has 0 unspecified atom stereocenters. The van der Waals surface area contributed by atoms with Crippen LogP contribution in [0.5, 0.6) is 0 Å². The van der Waals surface area contributed by atoms with Crippen molar-refractivity contribution in [1.82, 2.24) is 15.0 Å². The largest absolute Gasteiger partial charge is 0.325 e. The lowest BCUT2D eigenvalue weighted by Crippen LogP contribution is -2.10. The number of hydrogen-bond donors (Lipinski definition) is 1. The molecule has 1 aromatic heterocycles. The van der Waals surface area contributed by atoms with Crippen LogP contribution in [-0.4, -0.2) is 20.8 Å². The van der Waals surface area contributed by atoms with Crippen LogP contribution >= 0.6 is 0 Å². The third-order valence-corrected chi connectivity index (χ3v) is 1.76. The highest BCUT2D eigenvalue weighted by Gasteiger charge is 2.04. The van der Waals surface area contributed by atoms with Gasteiger partial charge in [-0.15, -0.1) is 11.7 Å². The fourth-order valence-corrected chi connectivity index (χ4v) is 1.03. The molecule has 0 radical (unpaired) electrons. The van der Waals surface area contributed by atoms with E-state index in [2.05, 4.69) is 16.9 Å². The molecule has 5 heteroatoms. The second kappa shape index (κ2) is 5.29. The molecule has 1 rings (SSSR count). The van der Waals surface area contributed by atoms with Gasteiger partial charge in [0.2, 0.25) is 0 Å². The van der Waals surface area contributed by atoms with E-state index < -0.39 is 0 Å². The summed E-state index contributed by atoms with van der Waals surface area (Å²) >= 11 is 0. The molecule has 14 heavy (non-hydrogen) atoms. The molecule has 76 valence electrons. The minimum Gasteiger partial charge on any atom is -0.325 e. The van der Waals surface area contributed by atoms with E-state index in [0.29, 0.717) is 25.1 Å². The number of hydrogen-bond acceptors (Lipinski definition) is 4. The molecule has 0 saturated carbocycles. The highest BCUT2D eigenvalue weighted by molar-refractivity contribution is 5.78. The smallest absolute Gasteiger partial charge is 0.154 e. The number of Topliss-reactive ketones (excluding diaryl/α,β-unsaturated/α-hetero) is 1. The van der Waals surface area contributed by atoms with Gasteiger partial charge in [0, 0.05) is 13.0 Å². The molecule has 0 aliphatic heterocycles. The third kappa shape index (κ3) is 3.10. The van der Waals surface area contributed by atoms with E-state index in [1.807, 2.05) is 0 Å². The number of rotatable bonds is 6. The van der Waals surface area contributed by atoms with Crippen LogP contribution in [0, 0.1) is 0 Å². The maximum atomic E-state index is 11.3. The SMILES string of the molecule is C=CCCC(=O)Cn1cc(CN)nn1. The quantitative estimate of drug-likeness (QED) is 0.660. The Bertz CT molecular complexity index is 318. The van der Waals surface area contributed by atoms with Crippen LogP contribution in [0.1, 0.15) is 18.5 Å². The zero-order valence-corrected chi connectivity index (χ0v) is 8.02. The van der Waals surface area contributed by atoms with Crippen molar-refractivity contribution in [2.45, 2.75) is 25.9 Å². The molecule has 5 nitrogen and oxygen atoms in total. The minimum absolute atomic E-state index is 0.123. The lowest BCUT2D eigenvalue weighted by molar-refractivity contribution is -0.119. The van der Waals surface area contributed by atoms with Crippen molar-refractivity contribution in [2.75, 3.05) is 0 Å². The van der Waals surface area contributed by atoms with Gasteiger partial charge in [-0.05, 0) is 6.42 Å². The summed E-state index contributed by atoms with van der Waals surface area (Å²) in [6.07, 6.45) is 4.62. The molecule has 0 bridgehead atoms. The predicted molar refractivity (Wildman–Crippen MR) is 52.4 cm³/mol. The van der Waals surface area contributed by atoms with E-state index in [1.54, 1.807) is 12.3 Å². The standard InChI is InChI=1S/C9H14N4O/c1-2-3-4-9(14)7-13-6-8(5-10)11-12-13/h2,6H,1,3-5,7,10H2. The van der Waals surface area contributed by atoms with Crippen molar-refractivity contribution < 1.29 is 4.79 Å². The van der Waals surface area contributed by atoms with E-state index >= 15 is 0 Å². The lowest BCUT2D eigenvalue weighted by atomic mass is 10.2. The Kier molecular flexibility index (Phi) is 4.00. The van der Waals surface area contributed by atoms with Gasteiger partial charge >= 0.3 is 0 Å². The molecule has 0 aliphatic carbocycles. The summed E-state index contributed by atoms with van der Waals surface area (Å²) in [5, 5.41) is 7.56. The Morgan fingerprint density at radius 1 is 1.71 bits per heavy atom. The van der Waals surface area contributed by atoms with Crippen molar-refractivity contribution in [1.29, 1.82) is 0 Å². The monoisotopic (exact) mass is 194 g/mol. The second-order valence-electron chi connectivity index (χ2n) is 2.98. The van der Waals surface area contributed by atoms with Crippen LogP contribution in [0.2, 0.25) is 0 Å². The molecule has 0 aliphatic rings. The molecule has 0 amide bonds. The van der Waals surface area contributed by atoms with Crippen molar-refractivity contribution in [2.24, 2.45) is 5.73 Å². The Balaban J connectivity index is 2.43. The van der Waals surface area contributed by atoms with Gasteiger partial charge in [0.1, 0.15) is 6.54 Å². The van der Waals surface area contributed by atoms with Crippen LogP contribution in [0.4, 0.5) is 0 Å². The second-order valence-corrected chi connectivity index (χ2v) is 2.98. The van der Waals surface area contributed by atoms with Crippen LogP contribution in [0.25, 0.3) is 0 Å². The maximum Gasteiger partial charge on any atom is 0.154 e. The molecule has 0 fully saturated rings.